The molecule has 8 nitrogen and oxygen atoms in total. The molecule has 0 atom stereocenters. The number of hydrogen-bond acceptors (Lipinski definition) is 7. The number of aromatic hydroxyl groups is 1. The number of amidine groups is 1. The maximum Gasteiger partial charge on any atom is 0.197 e. The van der Waals surface area contributed by atoms with Gasteiger partial charge in [-0.25, -0.2) is 4.39 Å². The second kappa shape index (κ2) is 13.3. The molecule has 2 aromatic rings. The predicted octanol–water partition coefficient (Wildman–Crippen LogP) is 5.35. The van der Waals surface area contributed by atoms with Crippen LogP contribution in [0.15, 0.2) is 18.2 Å². The lowest BCUT2D eigenvalue weighted by Crippen LogP contribution is -2.30. The number of carbonyl (C=O) groups excluding carboxylic acids is 1. The Labute approximate surface area is 234 Å². The molecule has 0 saturated carbocycles. The lowest BCUT2D eigenvalue weighted by Gasteiger charge is -2.24. The van der Waals surface area contributed by atoms with Gasteiger partial charge in [0.25, 0.3) is 0 Å². The van der Waals surface area contributed by atoms with Crippen LogP contribution < -0.4 is 19.9 Å². The van der Waals surface area contributed by atoms with E-state index in [2.05, 4.69) is 0 Å². The average Bonchev–Trinajstić information content (AvgIpc) is 3.14. The first kappa shape index (κ1) is 31.4. The Morgan fingerprint density at radius 3 is 2.39 bits per heavy atom. The molecule has 0 amide bonds. The minimum atomic E-state index is -0.657. The topological polar surface area (TPSA) is 118 Å². The molecule has 0 bridgehead atoms. The fraction of sp³-hybridized carbons (Fsp3) is 0.500. The normalized spacial score (nSPS) is 12.7. The molecule has 38 heavy (non-hydrogen) atoms. The number of hydrogen-bond donors (Lipinski definition) is 3. The van der Waals surface area contributed by atoms with Gasteiger partial charge in [-0.3, -0.25) is 10.2 Å². The maximum atomic E-state index is 15.4. The van der Waals surface area contributed by atoms with Gasteiger partial charge in [0.05, 0.1) is 31.9 Å². The monoisotopic (exact) mass is 595 g/mol. The van der Waals surface area contributed by atoms with Gasteiger partial charge >= 0.3 is 0 Å². The fourth-order valence-electron chi connectivity index (χ4n) is 4.30. The van der Waals surface area contributed by atoms with Crippen molar-refractivity contribution < 1.29 is 28.5 Å². The number of rotatable bonds is 12. The van der Waals surface area contributed by atoms with E-state index in [1.807, 2.05) is 20.8 Å². The van der Waals surface area contributed by atoms with Gasteiger partial charge in [-0.15, -0.1) is 17.0 Å². The van der Waals surface area contributed by atoms with Crippen LogP contribution in [-0.2, 0) is 12.0 Å². The maximum absolute atomic E-state index is 15.4. The quantitative estimate of drug-likeness (QED) is 0.224. The van der Waals surface area contributed by atoms with E-state index in [1.54, 1.807) is 26.0 Å². The molecule has 1 heterocycles. The number of phenolic OH excluding ortho intramolecular Hbond substituents is 1. The summed E-state index contributed by atoms with van der Waals surface area (Å²) in [6.45, 7) is 10.9. The van der Waals surface area contributed by atoms with E-state index in [4.69, 9.17) is 25.4 Å². The zero-order valence-corrected chi connectivity index (χ0v) is 24.5. The first-order valence-corrected chi connectivity index (χ1v) is 12.7. The molecule has 0 spiro atoms. The van der Waals surface area contributed by atoms with E-state index in [0.717, 1.165) is 12.8 Å². The Balaban J connectivity index is 0.00000507. The van der Waals surface area contributed by atoms with Crippen molar-refractivity contribution in [2.45, 2.75) is 59.4 Å². The number of ether oxygens (including phenoxy) is 3. The van der Waals surface area contributed by atoms with Gasteiger partial charge in [0.15, 0.2) is 34.6 Å². The van der Waals surface area contributed by atoms with Crippen molar-refractivity contribution >= 4 is 28.6 Å². The van der Waals surface area contributed by atoms with Crippen molar-refractivity contribution in [3.05, 3.63) is 46.3 Å². The molecule has 0 fully saturated rings. The van der Waals surface area contributed by atoms with Gasteiger partial charge in [0.1, 0.15) is 5.84 Å². The van der Waals surface area contributed by atoms with Crippen LogP contribution in [0.1, 0.15) is 74.5 Å². The minimum Gasteiger partial charge on any atom is -0.504 e. The van der Waals surface area contributed by atoms with Gasteiger partial charge in [0.2, 0.25) is 0 Å². The molecule has 2 aromatic carbocycles. The lowest BCUT2D eigenvalue weighted by atomic mass is 9.84. The number of halogens is 2. The van der Waals surface area contributed by atoms with E-state index < -0.39 is 11.2 Å². The molecule has 10 heteroatoms. The fourth-order valence-corrected chi connectivity index (χ4v) is 4.30. The van der Waals surface area contributed by atoms with Crippen LogP contribution in [0.4, 0.5) is 4.39 Å². The predicted molar refractivity (Wildman–Crippen MR) is 151 cm³/mol. The number of fused-ring (bicyclic) bond motifs is 1. The summed E-state index contributed by atoms with van der Waals surface area (Å²) in [6.07, 6.45) is 1.51. The molecule has 0 aliphatic carbocycles. The molecule has 0 unspecified atom stereocenters. The highest BCUT2D eigenvalue weighted by Gasteiger charge is 2.33. The minimum absolute atomic E-state index is 0. The van der Waals surface area contributed by atoms with Crippen molar-refractivity contribution in [1.82, 2.24) is 4.90 Å². The third-order valence-corrected chi connectivity index (χ3v) is 6.17. The summed E-state index contributed by atoms with van der Waals surface area (Å²) in [4.78, 5) is 14.9. The van der Waals surface area contributed by atoms with Crippen LogP contribution in [0.5, 0.6) is 23.0 Å². The van der Waals surface area contributed by atoms with Gasteiger partial charge in [-0.1, -0.05) is 20.8 Å². The van der Waals surface area contributed by atoms with E-state index >= 15 is 4.39 Å². The highest BCUT2D eigenvalue weighted by atomic mass is 79.9. The summed E-state index contributed by atoms with van der Waals surface area (Å²) in [6, 6.07) is 4.87. The number of nitrogens with two attached hydrogens (primary N) is 1. The second-order valence-corrected chi connectivity index (χ2v) is 10.0. The summed E-state index contributed by atoms with van der Waals surface area (Å²) in [5, 5.41) is 19.4. The van der Waals surface area contributed by atoms with Crippen molar-refractivity contribution in [1.29, 1.82) is 5.41 Å². The SMILES string of the molecule is Br.CCOc1cc2c(c(F)c1OCC)C(=N)N(CC(=O)c1cc(OCCCCN)c(O)c(C(C)(C)C)c1)C2. The number of benzene rings is 2. The van der Waals surface area contributed by atoms with Gasteiger partial charge in [-0.2, -0.15) is 0 Å². The highest BCUT2D eigenvalue weighted by molar-refractivity contribution is 8.93. The number of unbranched alkanes of at least 4 members (excludes halogenated alkanes) is 1. The van der Waals surface area contributed by atoms with Crippen LogP contribution in [0, 0.1) is 11.2 Å². The molecule has 0 saturated heterocycles. The van der Waals surface area contributed by atoms with Crippen molar-refractivity contribution in [2.24, 2.45) is 5.73 Å². The summed E-state index contributed by atoms with van der Waals surface area (Å²) in [5.74, 6) is -0.510. The molecular weight excluding hydrogens is 557 g/mol. The smallest absolute Gasteiger partial charge is 0.197 e. The number of phenols is 1. The van der Waals surface area contributed by atoms with E-state index in [9.17, 15) is 9.90 Å². The molecule has 1 aliphatic rings. The van der Waals surface area contributed by atoms with Crippen LogP contribution in [0.3, 0.4) is 0 Å². The molecule has 4 N–H and O–H groups in total. The van der Waals surface area contributed by atoms with E-state index in [-0.39, 0.29) is 76.9 Å². The van der Waals surface area contributed by atoms with Crippen LogP contribution >= 0.6 is 17.0 Å². The molecule has 0 radical (unpaired) electrons. The van der Waals surface area contributed by atoms with Crippen LogP contribution in [-0.4, -0.2) is 54.5 Å². The summed E-state index contributed by atoms with van der Waals surface area (Å²) < 4.78 is 32.2. The van der Waals surface area contributed by atoms with Gasteiger partial charge < -0.3 is 30.0 Å². The van der Waals surface area contributed by atoms with Crippen molar-refractivity contribution in [3.8, 4) is 23.0 Å². The largest absolute Gasteiger partial charge is 0.504 e. The number of carbonyl (C=O) groups is 1. The Morgan fingerprint density at radius 2 is 1.79 bits per heavy atom. The van der Waals surface area contributed by atoms with Crippen LogP contribution in [0.2, 0.25) is 0 Å². The second-order valence-electron chi connectivity index (χ2n) is 10.0. The Morgan fingerprint density at radius 1 is 1.11 bits per heavy atom. The van der Waals surface area contributed by atoms with Crippen LogP contribution in [0.25, 0.3) is 0 Å². The van der Waals surface area contributed by atoms with Crippen molar-refractivity contribution in [2.75, 3.05) is 32.9 Å². The lowest BCUT2D eigenvalue weighted by molar-refractivity contribution is 0.0962. The third kappa shape index (κ3) is 6.77. The van der Waals surface area contributed by atoms with Gasteiger partial charge in [-0.05, 0) is 62.4 Å². The Hall–Kier alpha value is -2.85. The van der Waals surface area contributed by atoms with Gasteiger partial charge in [0, 0.05) is 17.7 Å². The number of Topliss-reactive ketones (excluding diaryl/α,β-unsaturated/α-hetero) is 1. The molecule has 0 aromatic heterocycles. The zero-order valence-electron chi connectivity index (χ0n) is 22.8. The van der Waals surface area contributed by atoms with E-state index in [1.165, 1.54) is 11.0 Å². The standard InChI is InChI=1S/C28H38FN3O5.BrH/c1-6-35-22-14-18-15-32(27(31)23(18)24(29)26(22)36-7-2)16-20(33)17-12-19(28(3,4)5)25(34)21(13-17)37-11-9-8-10-30;/h12-14,31,34H,6-11,15-16,30H2,1-5H3;1H. The Kier molecular flexibility index (Phi) is 11.0. The number of nitrogens with one attached hydrogen (secondary N) is 1. The third-order valence-electron chi connectivity index (χ3n) is 6.17. The molecule has 1 aliphatic heterocycles. The first-order chi connectivity index (χ1) is 17.5. The number of nitrogens with zero attached hydrogens (tertiary/aromatic N) is 1. The van der Waals surface area contributed by atoms with Crippen molar-refractivity contribution in [3.63, 3.8) is 0 Å². The first-order valence-electron chi connectivity index (χ1n) is 12.7. The zero-order chi connectivity index (χ0) is 27.3. The molecule has 210 valence electrons. The Bertz CT molecular complexity index is 1170. The number of ketones is 1. The highest BCUT2D eigenvalue weighted by Crippen LogP contribution is 2.41. The average molecular weight is 597 g/mol. The summed E-state index contributed by atoms with van der Waals surface area (Å²) in [7, 11) is 0. The molecular formula is C28H39BrFN3O5. The summed E-state index contributed by atoms with van der Waals surface area (Å²) in [5.41, 5.74) is 6.72. The molecule has 3 rings (SSSR count). The summed E-state index contributed by atoms with van der Waals surface area (Å²) >= 11 is 0. The van der Waals surface area contributed by atoms with E-state index in [0.29, 0.717) is 36.4 Å².